The van der Waals surface area contributed by atoms with Crippen LogP contribution in [0, 0.1) is 22.0 Å². The molecule has 23 heavy (non-hydrogen) atoms. The summed E-state index contributed by atoms with van der Waals surface area (Å²) in [6, 6.07) is 5.11. The van der Waals surface area contributed by atoms with E-state index in [0.29, 0.717) is 29.1 Å². The zero-order valence-corrected chi connectivity index (χ0v) is 13.6. The van der Waals surface area contributed by atoms with Gasteiger partial charge in [0, 0.05) is 30.8 Å². The number of carbonyl (C=O) groups excluding carboxylic acids is 1. The highest BCUT2D eigenvalue weighted by Crippen LogP contribution is 2.32. The molecule has 0 spiro atoms. The number of nitro groups is 1. The molecule has 1 saturated heterocycles. The number of hydrogen-bond acceptors (Lipinski definition) is 4. The van der Waals surface area contributed by atoms with Gasteiger partial charge in [0.25, 0.3) is 11.6 Å². The molecule has 2 atom stereocenters. The summed E-state index contributed by atoms with van der Waals surface area (Å²) in [6.07, 6.45) is 3.21. The van der Waals surface area contributed by atoms with Gasteiger partial charge in [0.1, 0.15) is 5.69 Å². The van der Waals surface area contributed by atoms with E-state index in [4.69, 9.17) is 0 Å². The van der Waals surface area contributed by atoms with E-state index in [1.807, 2.05) is 4.90 Å². The molecule has 3 rings (SSSR count). The Labute approximate surface area is 136 Å². The fourth-order valence-corrected chi connectivity index (χ4v) is 3.40. The van der Waals surface area contributed by atoms with E-state index in [2.05, 4.69) is 19.2 Å². The van der Waals surface area contributed by atoms with Crippen molar-refractivity contribution in [1.29, 1.82) is 0 Å². The first-order chi connectivity index (χ1) is 10.9. The van der Waals surface area contributed by atoms with Crippen LogP contribution in [0.25, 0.3) is 0 Å². The minimum Gasteiger partial charge on any atom is -0.377 e. The Bertz CT molecular complexity index is 618. The molecule has 6 nitrogen and oxygen atoms in total. The van der Waals surface area contributed by atoms with Gasteiger partial charge in [-0.15, -0.1) is 0 Å². The molecule has 1 heterocycles. The van der Waals surface area contributed by atoms with E-state index in [1.165, 1.54) is 6.07 Å². The van der Waals surface area contributed by atoms with Gasteiger partial charge in [-0.3, -0.25) is 14.9 Å². The summed E-state index contributed by atoms with van der Waals surface area (Å²) in [5.41, 5.74) is 0.898. The van der Waals surface area contributed by atoms with Crippen LogP contribution in [0.3, 0.4) is 0 Å². The summed E-state index contributed by atoms with van der Waals surface area (Å²) in [5, 5.41) is 14.5. The summed E-state index contributed by atoms with van der Waals surface area (Å²) in [7, 11) is 0. The number of piperidine rings is 1. The number of rotatable bonds is 4. The summed E-state index contributed by atoms with van der Waals surface area (Å²) in [6.45, 7) is 5.72. The highest BCUT2D eigenvalue weighted by molar-refractivity contribution is 5.95. The second-order valence-corrected chi connectivity index (χ2v) is 7.06. The van der Waals surface area contributed by atoms with E-state index >= 15 is 0 Å². The molecular weight excluding hydrogens is 294 g/mol. The molecule has 1 aliphatic heterocycles. The third-order valence-corrected chi connectivity index (χ3v) is 4.53. The average molecular weight is 317 g/mol. The lowest BCUT2D eigenvalue weighted by Gasteiger charge is -2.35. The van der Waals surface area contributed by atoms with E-state index in [-0.39, 0.29) is 11.6 Å². The molecule has 1 saturated carbocycles. The van der Waals surface area contributed by atoms with Crippen LogP contribution < -0.4 is 5.32 Å². The largest absolute Gasteiger partial charge is 0.377 e. The number of nitro benzene ring substituents is 1. The maximum atomic E-state index is 12.7. The van der Waals surface area contributed by atoms with Crippen LogP contribution in [0.5, 0.6) is 0 Å². The fourth-order valence-electron chi connectivity index (χ4n) is 3.40. The van der Waals surface area contributed by atoms with Crippen molar-refractivity contribution in [1.82, 2.24) is 4.90 Å². The molecule has 1 aromatic rings. The molecule has 124 valence electrons. The standard InChI is InChI=1S/C17H23N3O3/c1-11-7-12(2)10-19(9-11)17(21)13-3-6-15(18-14-4-5-14)16(8-13)20(22)23/h3,6,8,11-12,14,18H,4-5,7,9-10H2,1-2H3. The van der Waals surface area contributed by atoms with Crippen LogP contribution >= 0.6 is 0 Å². The topological polar surface area (TPSA) is 75.5 Å². The zero-order chi connectivity index (χ0) is 16.6. The Hall–Kier alpha value is -2.11. The van der Waals surface area contributed by atoms with Gasteiger partial charge in [-0.2, -0.15) is 0 Å². The van der Waals surface area contributed by atoms with Crippen molar-refractivity contribution in [3.8, 4) is 0 Å². The second-order valence-electron chi connectivity index (χ2n) is 7.06. The van der Waals surface area contributed by atoms with Crippen molar-refractivity contribution < 1.29 is 9.72 Å². The van der Waals surface area contributed by atoms with Gasteiger partial charge < -0.3 is 10.2 Å². The van der Waals surface area contributed by atoms with Gasteiger partial charge >= 0.3 is 0 Å². The highest BCUT2D eigenvalue weighted by atomic mass is 16.6. The van der Waals surface area contributed by atoms with Crippen molar-refractivity contribution in [2.45, 2.75) is 39.2 Å². The Morgan fingerprint density at radius 2 is 1.91 bits per heavy atom. The Morgan fingerprint density at radius 1 is 1.26 bits per heavy atom. The maximum absolute atomic E-state index is 12.7. The Morgan fingerprint density at radius 3 is 2.48 bits per heavy atom. The maximum Gasteiger partial charge on any atom is 0.293 e. The Balaban J connectivity index is 1.82. The minimum atomic E-state index is -0.414. The molecule has 2 unspecified atom stereocenters. The molecule has 1 N–H and O–H groups in total. The summed E-state index contributed by atoms with van der Waals surface area (Å²) >= 11 is 0. The van der Waals surface area contributed by atoms with Gasteiger partial charge in [-0.05, 0) is 43.2 Å². The quantitative estimate of drug-likeness (QED) is 0.683. The predicted molar refractivity (Wildman–Crippen MR) is 88.6 cm³/mol. The normalized spacial score (nSPS) is 24.3. The van der Waals surface area contributed by atoms with Crippen LogP contribution in [0.1, 0.15) is 43.5 Å². The molecule has 0 aromatic heterocycles. The number of nitrogens with one attached hydrogen (secondary N) is 1. The summed E-state index contributed by atoms with van der Waals surface area (Å²) in [5.74, 6) is 0.825. The van der Waals surface area contributed by atoms with Gasteiger partial charge in [-0.25, -0.2) is 0 Å². The molecule has 0 radical (unpaired) electrons. The summed E-state index contributed by atoms with van der Waals surface area (Å²) in [4.78, 5) is 25.4. The molecule has 2 aliphatic rings. The van der Waals surface area contributed by atoms with Gasteiger partial charge in [0.05, 0.1) is 4.92 Å². The lowest BCUT2D eigenvalue weighted by Crippen LogP contribution is -2.42. The van der Waals surface area contributed by atoms with Crippen LogP contribution in [0.15, 0.2) is 18.2 Å². The van der Waals surface area contributed by atoms with E-state index in [0.717, 1.165) is 32.4 Å². The van der Waals surface area contributed by atoms with Crippen molar-refractivity contribution in [3.63, 3.8) is 0 Å². The number of hydrogen-bond donors (Lipinski definition) is 1. The van der Waals surface area contributed by atoms with E-state index in [1.54, 1.807) is 12.1 Å². The smallest absolute Gasteiger partial charge is 0.293 e. The fraction of sp³-hybridized carbons (Fsp3) is 0.588. The number of likely N-dealkylation sites (tertiary alicyclic amines) is 1. The first-order valence-corrected chi connectivity index (χ1v) is 8.28. The molecule has 1 aromatic carbocycles. The third-order valence-electron chi connectivity index (χ3n) is 4.53. The second kappa shape index (κ2) is 6.18. The van der Waals surface area contributed by atoms with Crippen LogP contribution in [0.4, 0.5) is 11.4 Å². The third kappa shape index (κ3) is 3.63. The van der Waals surface area contributed by atoms with Gasteiger partial charge in [0.2, 0.25) is 0 Å². The minimum absolute atomic E-state index is 0.0131. The molecule has 2 fully saturated rings. The SMILES string of the molecule is CC1CC(C)CN(C(=O)c2ccc(NC3CC3)c([N+](=O)[O-])c2)C1. The number of amides is 1. The van der Waals surface area contributed by atoms with E-state index < -0.39 is 4.92 Å². The highest BCUT2D eigenvalue weighted by Gasteiger charge is 2.29. The lowest BCUT2D eigenvalue weighted by atomic mass is 9.91. The molecule has 1 amide bonds. The number of benzene rings is 1. The van der Waals surface area contributed by atoms with Gasteiger partial charge in [-0.1, -0.05) is 13.8 Å². The molecular formula is C17H23N3O3. The monoisotopic (exact) mass is 317 g/mol. The first-order valence-electron chi connectivity index (χ1n) is 8.28. The van der Waals surface area contributed by atoms with Crippen molar-refractivity contribution in [2.75, 3.05) is 18.4 Å². The number of anilines is 1. The molecule has 1 aliphatic carbocycles. The van der Waals surface area contributed by atoms with Crippen molar-refractivity contribution >= 4 is 17.3 Å². The Kier molecular flexibility index (Phi) is 4.24. The lowest BCUT2D eigenvalue weighted by molar-refractivity contribution is -0.384. The van der Waals surface area contributed by atoms with Crippen molar-refractivity contribution in [2.24, 2.45) is 11.8 Å². The van der Waals surface area contributed by atoms with Crippen LogP contribution in [0.2, 0.25) is 0 Å². The van der Waals surface area contributed by atoms with Crippen molar-refractivity contribution in [3.05, 3.63) is 33.9 Å². The first kappa shape index (κ1) is 15.8. The van der Waals surface area contributed by atoms with Crippen LogP contribution in [-0.4, -0.2) is 34.9 Å². The van der Waals surface area contributed by atoms with Crippen LogP contribution in [-0.2, 0) is 0 Å². The average Bonchev–Trinajstić information content (AvgIpc) is 3.29. The predicted octanol–water partition coefficient (Wildman–Crippen LogP) is 3.29. The summed E-state index contributed by atoms with van der Waals surface area (Å²) < 4.78 is 0. The number of nitrogens with zero attached hydrogens (tertiary/aromatic N) is 2. The molecule has 6 heteroatoms. The zero-order valence-electron chi connectivity index (χ0n) is 13.6. The number of carbonyl (C=O) groups is 1. The van der Waals surface area contributed by atoms with E-state index in [9.17, 15) is 14.9 Å². The van der Waals surface area contributed by atoms with Gasteiger partial charge in [0.15, 0.2) is 0 Å². The molecule has 0 bridgehead atoms.